The van der Waals surface area contributed by atoms with Gasteiger partial charge in [0.15, 0.2) is 0 Å². The van der Waals surface area contributed by atoms with Gasteiger partial charge < -0.3 is 0 Å². The van der Waals surface area contributed by atoms with Crippen molar-refractivity contribution in [1.29, 1.82) is 0 Å². The van der Waals surface area contributed by atoms with Crippen LogP contribution >= 0.6 is 11.3 Å². The third-order valence-electron chi connectivity index (χ3n) is 2.24. The quantitative estimate of drug-likeness (QED) is 0.846. The van der Waals surface area contributed by atoms with Gasteiger partial charge in [0.2, 0.25) is 0 Å². The van der Waals surface area contributed by atoms with Crippen LogP contribution in [0.25, 0.3) is 10.4 Å². The Balaban J connectivity index is 2.16. The fourth-order valence-corrected chi connectivity index (χ4v) is 2.28. The zero-order valence-corrected chi connectivity index (χ0v) is 10.6. The smallest absolute Gasteiger partial charge is 0.131 e. The van der Waals surface area contributed by atoms with E-state index in [1.807, 2.05) is 25.2 Å². The van der Waals surface area contributed by atoms with Crippen LogP contribution in [0.15, 0.2) is 30.5 Å². The number of aromatic nitrogens is 1. The molecule has 0 aliphatic rings. The Bertz CT molecular complexity index is 496. The van der Waals surface area contributed by atoms with Gasteiger partial charge in [0.1, 0.15) is 10.8 Å². The maximum Gasteiger partial charge on any atom is 0.131 e. The molecular weight excluding hydrogens is 237 g/mol. The second-order valence-corrected chi connectivity index (χ2v) is 4.94. The monoisotopic (exact) mass is 251 g/mol. The normalized spacial score (nSPS) is 11.1. The van der Waals surface area contributed by atoms with Gasteiger partial charge >= 0.3 is 0 Å². The van der Waals surface area contributed by atoms with Crippen molar-refractivity contribution < 1.29 is 4.39 Å². The summed E-state index contributed by atoms with van der Waals surface area (Å²) in [7, 11) is 3.84. The summed E-state index contributed by atoms with van der Waals surface area (Å²) in [4.78, 5) is 5.13. The van der Waals surface area contributed by atoms with Gasteiger partial charge in [-0.1, -0.05) is 18.2 Å². The highest BCUT2D eigenvalue weighted by Gasteiger charge is 2.08. The molecule has 0 aliphatic carbocycles. The van der Waals surface area contributed by atoms with E-state index in [1.54, 1.807) is 18.3 Å². The Kier molecular flexibility index (Phi) is 3.83. The van der Waals surface area contributed by atoms with Crippen molar-refractivity contribution in [2.75, 3.05) is 14.1 Å². The second-order valence-electron chi connectivity index (χ2n) is 3.83. The van der Waals surface area contributed by atoms with Gasteiger partial charge in [-0.15, -0.1) is 11.3 Å². The van der Waals surface area contributed by atoms with E-state index >= 15 is 0 Å². The molecule has 0 fully saturated rings. The first kappa shape index (κ1) is 12.2. The second kappa shape index (κ2) is 5.35. The molecule has 0 atom stereocenters. The van der Waals surface area contributed by atoms with Crippen LogP contribution in [-0.2, 0) is 6.54 Å². The van der Waals surface area contributed by atoms with E-state index in [0.717, 1.165) is 9.88 Å². The minimum Gasteiger partial charge on any atom is -0.250 e. The van der Waals surface area contributed by atoms with Crippen molar-refractivity contribution in [2.24, 2.45) is 0 Å². The molecule has 1 aromatic carbocycles. The molecule has 0 spiro atoms. The summed E-state index contributed by atoms with van der Waals surface area (Å²) >= 11 is 1.50. The summed E-state index contributed by atoms with van der Waals surface area (Å²) in [6, 6.07) is 6.75. The highest BCUT2D eigenvalue weighted by Crippen LogP contribution is 2.28. The largest absolute Gasteiger partial charge is 0.250 e. The fourth-order valence-electron chi connectivity index (χ4n) is 1.40. The lowest BCUT2D eigenvalue weighted by Crippen LogP contribution is -2.29. The molecule has 90 valence electrons. The molecule has 0 saturated heterocycles. The number of thiazole rings is 1. The van der Waals surface area contributed by atoms with Gasteiger partial charge in [-0.3, -0.25) is 5.01 Å². The van der Waals surface area contributed by atoms with Crippen molar-refractivity contribution in [3.05, 3.63) is 41.3 Å². The van der Waals surface area contributed by atoms with Crippen molar-refractivity contribution in [1.82, 2.24) is 15.4 Å². The van der Waals surface area contributed by atoms with Gasteiger partial charge in [-0.2, -0.15) is 0 Å². The average Bonchev–Trinajstić information content (AvgIpc) is 2.75. The molecule has 0 bridgehead atoms. The molecule has 0 saturated carbocycles. The van der Waals surface area contributed by atoms with Crippen LogP contribution in [0.2, 0.25) is 0 Å². The molecule has 5 heteroatoms. The molecular formula is C12H14FN3S. The Hall–Kier alpha value is -1.30. The minimum atomic E-state index is -0.205. The summed E-state index contributed by atoms with van der Waals surface area (Å²) < 4.78 is 13.6. The summed E-state index contributed by atoms with van der Waals surface area (Å²) in [6.45, 7) is 0.659. The van der Waals surface area contributed by atoms with E-state index in [1.165, 1.54) is 17.4 Å². The van der Waals surface area contributed by atoms with Crippen LogP contribution < -0.4 is 5.43 Å². The number of nitrogens with one attached hydrogen (secondary N) is 1. The molecule has 0 amide bonds. The molecule has 3 nitrogen and oxygen atoms in total. The Morgan fingerprint density at radius 1 is 1.35 bits per heavy atom. The Morgan fingerprint density at radius 2 is 2.12 bits per heavy atom. The zero-order valence-electron chi connectivity index (χ0n) is 9.77. The Morgan fingerprint density at radius 3 is 2.82 bits per heavy atom. The lowest BCUT2D eigenvalue weighted by atomic mass is 10.2. The number of benzene rings is 1. The number of hydrogen-bond acceptors (Lipinski definition) is 4. The highest BCUT2D eigenvalue weighted by atomic mass is 32.1. The third-order valence-corrected chi connectivity index (χ3v) is 3.27. The van der Waals surface area contributed by atoms with Crippen LogP contribution in [0.4, 0.5) is 4.39 Å². The fraction of sp³-hybridized carbons (Fsp3) is 0.250. The van der Waals surface area contributed by atoms with Crippen molar-refractivity contribution in [2.45, 2.75) is 6.54 Å². The van der Waals surface area contributed by atoms with Crippen LogP contribution in [-0.4, -0.2) is 24.1 Å². The van der Waals surface area contributed by atoms with Crippen LogP contribution in [0.3, 0.4) is 0 Å². The van der Waals surface area contributed by atoms with Crippen molar-refractivity contribution in [3.63, 3.8) is 0 Å². The van der Waals surface area contributed by atoms with E-state index in [4.69, 9.17) is 0 Å². The molecule has 2 aromatic rings. The maximum absolute atomic E-state index is 13.6. The molecule has 0 unspecified atom stereocenters. The average molecular weight is 251 g/mol. The Labute approximate surface area is 104 Å². The molecule has 1 aromatic heterocycles. The molecule has 0 aliphatic heterocycles. The molecule has 1 heterocycles. The summed E-state index contributed by atoms with van der Waals surface area (Å²) in [5.41, 5.74) is 3.74. The first-order valence-electron chi connectivity index (χ1n) is 5.27. The standard InChI is InChI=1S/C12H14FN3S/c1-16(2)15-8-12-14-7-11(17-12)9-5-3-4-6-10(9)13/h3-7,15H,8H2,1-2H3. The van der Waals surface area contributed by atoms with Gasteiger partial charge in [0.25, 0.3) is 0 Å². The van der Waals surface area contributed by atoms with Crippen LogP contribution in [0.5, 0.6) is 0 Å². The van der Waals surface area contributed by atoms with Gasteiger partial charge in [-0.25, -0.2) is 14.8 Å². The zero-order chi connectivity index (χ0) is 12.3. The number of rotatable bonds is 4. The maximum atomic E-state index is 13.6. The van der Waals surface area contributed by atoms with Gasteiger partial charge in [0, 0.05) is 25.9 Å². The predicted octanol–water partition coefficient (Wildman–Crippen LogP) is 2.52. The number of nitrogens with zero attached hydrogens (tertiary/aromatic N) is 2. The van der Waals surface area contributed by atoms with Gasteiger partial charge in [-0.05, 0) is 6.07 Å². The van der Waals surface area contributed by atoms with E-state index in [0.29, 0.717) is 12.1 Å². The van der Waals surface area contributed by atoms with Crippen LogP contribution in [0.1, 0.15) is 5.01 Å². The topological polar surface area (TPSA) is 28.2 Å². The first-order chi connectivity index (χ1) is 8.16. The predicted molar refractivity (Wildman–Crippen MR) is 68.0 cm³/mol. The highest BCUT2D eigenvalue weighted by molar-refractivity contribution is 7.15. The third kappa shape index (κ3) is 3.09. The van der Waals surface area contributed by atoms with Gasteiger partial charge in [0.05, 0.1) is 11.4 Å². The van der Waals surface area contributed by atoms with Crippen LogP contribution in [0, 0.1) is 5.82 Å². The van der Waals surface area contributed by atoms with E-state index in [-0.39, 0.29) is 5.82 Å². The SMILES string of the molecule is CN(C)NCc1ncc(-c2ccccc2F)s1. The lowest BCUT2D eigenvalue weighted by molar-refractivity contribution is 0.286. The number of halogens is 1. The van der Waals surface area contributed by atoms with E-state index in [2.05, 4.69) is 10.4 Å². The molecule has 2 rings (SSSR count). The van der Waals surface area contributed by atoms with Crippen molar-refractivity contribution in [3.8, 4) is 10.4 Å². The van der Waals surface area contributed by atoms with E-state index in [9.17, 15) is 4.39 Å². The van der Waals surface area contributed by atoms with Crippen molar-refractivity contribution >= 4 is 11.3 Å². The molecule has 0 radical (unpaired) electrons. The summed E-state index contributed by atoms with van der Waals surface area (Å²) in [5, 5.41) is 2.81. The molecule has 1 N–H and O–H groups in total. The van der Waals surface area contributed by atoms with E-state index < -0.39 is 0 Å². The lowest BCUT2D eigenvalue weighted by Gasteiger charge is -2.09. The number of hydrazine groups is 1. The first-order valence-corrected chi connectivity index (χ1v) is 6.09. The minimum absolute atomic E-state index is 0.205. The summed E-state index contributed by atoms with van der Waals surface area (Å²) in [6.07, 6.45) is 1.72. The molecule has 17 heavy (non-hydrogen) atoms. The number of hydrogen-bond donors (Lipinski definition) is 1. The summed E-state index contributed by atoms with van der Waals surface area (Å²) in [5.74, 6) is -0.205.